The van der Waals surface area contributed by atoms with E-state index in [1.165, 1.54) is 0 Å². The maximum atomic E-state index is 12.4. The van der Waals surface area contributed by atoms with Crippen molar-refractivity contribution < 1.29 is 9.53 Å². The van der Waals surface area contributed by atoms with Crippen molar-refractivity contribution in [2.24, 2.45) is 5.92 Å². The van der Waals surface area contributed by atoms with Gasteiger partial charge in [0.1, 0.15) is 5.75 Å². The average Bonchev–Trinajstić information content (AvgIpc) is 2.58. The summed E-state index contributed by atoms with van der Waals surface area (Å²) in [5.74, 6) is 1.01. The molecule has 0 atom stereocenters. The molecule has 2 rings (SSSR count). The predicted octanol–water partition coefficient (Wildman–Crippen LogP) is 6.07. The highest BCUT2D eigenvalue weighted by molar-refractivity contribution is 9.11. The number of nitrogens with one attached hydrogen (secondary N) is 2. The van der Waals surface area contributed by atoms with Gasteiger partial charge in [-0.3, -0.25) is 10.1 Å². The van der Waals surface area contributed by atoms with Crippen molar-refractivity contribution in [1.82, 2.24) is 5.32 Å². The van der Waals surface area contributed by atoms with Crippen LogP contribution in [0.25, 0.3) is 0 Å². The lowest BCUT2D eigenvalue weighted by atomic mass is 10.1. The number of hydrogen-bond donors (Lipinski definition) is 2. The Morgan fingerprint density at radius 2 is 1.89 bits per heavy atom. The molecule has 0 aliphatic carbocycles. The van der Waals surface area contributed by atoms with Gasteiger partial charge in [-0.2, -0.15) is 0 Å². The van der Waals surface area contributed by atoms with Crippen molar-refractivity contribution >= 4 is 60.8 Å². The van der Waals surface area contributed by atoms with E-state index in [1.807, 2.05) is 25.1 Å². The van der Waals surface area contributed by atoms with Gasteiger partial charge in [-0.15, -0.1) is 0 Å². The molecule has 0 saturated heterocycles. The number of ether oxygens (including phenoxy) is 1. The lowest BCUT2D eigenvalue weighted by molar-refractivity contribution is 0.0977. The van der Waals surface area contributed by atoms with E-state index in [0.717, 1.165) is 32.4 Å². The van der Waals surface area contributed by atoms with E-state index in [9.17, 15) is 4.79 Å². The van der Waals surface area contributed by atoms with Crippen LogP contribution in [0.5, 0.6) is 5.75 Å². The summed E-state index contributed by atoms with van der Waals surface area (Å²) in [5.41, 5.74) is 2.41. The van der Waals surface area contributed by atoms with Crippen molar-refractivity contribution in [3.8, 4) is 5.75 Å². The smallest absolute Gasteiger partial charge is 0.257 e. The standard InChI is InChI=1S/C20H22Br2N2O2S/c1-12(2)8-9-26-18-7-5-14(11-16(18)22)19(25)24-20(27)23-17-6-4-13(3)10-15(17)21/h4-7,10-12H,8-9H2,1-3H3,(H2,23,24,25,27). The molecule has 27 heavy (non-hydrogen) atoms. The third-order valence-corrected chi connectivity index (χ3v) is 5.23. The molecule has 7 heteroatoms. The first-order chi connectivity index (χ1) is 12.8. The third-order valence-electron chi connectivity index (χ3n) is 3.75. The average molecular weight is 514 g/mol. The van der Waals surface area contributed by atoms with Crippen LogP contribution >= 0.6 is 44.1 Å². The fourth-order valence-electron chi connectivity index (χ4n) is 2.21. The quantitative estimate of drug-likeness (QED) is 0.460. The van der Waals surface area contributed by atoms with Gasteiger partial charge in [0.2, 0.25) is 0 Å². The Hall–Kier alpha value is -1.44. The zero-order chi connectivity index (χ0) is 20.0. The summed E-state index contributed by atoms with van der Waals surface area (Å²) in [5, 5.41) is 5.94. The van der Waals surface area contributed by atoms with Gasteiger partial charge in [-0.1, -0.05) is 19.9 Å². The molecule has 4 nitrogen and oxygen atoms in total. The summed E-state index contributed by atoms with van der Waals surface area (Å²) in [4.78, 5) is 12.4. The Labute approximate surface area is 182 Å². The molecular formula is C20H22Br2N2O2S. The minimum Gasteiger partial charge on any atom is -0.492 e. The van der Waals surface area contributed by atoms with Gasteiger partial charge in [0.15, 0.2) is 5.11 Å². The minimum absolute atomic E-state index is 0.234. The van der Waals surface area contributed by atoms with Gasteiger partial charge in [-0.05, 0) is 99.2 Å². The highest BCUT2D eigenvalue weighted by Gasteiger charge is 2.12. The molecule has 0 spiro atoms. The van der Waals surface area contributed by atoms with Crippen LogP contribution in [0, 0.1) is 12.8 Å². The van der Waals surface area contributed by atoms with E-state index in [1.54, 1.807) is 18.2 Å². The maximum Gasteiger partial charge on any atom is 0.257 e. The predicted molar refractivity (Wildman–Crippen MR) is 122 cm³/mol. The number of rotatable bonds is 6. The first-order valence-corrected chi connectivity index (χ1v) is 10.6. The Balaban J connectivity index is 1.96. The molecule has 0 saturated carbocycles. The van der Waals surface area contributed by atoms with Gasteiger partial charge >= 0.3 is 0 Å². The van der Waals surface area contributed by atoms with Crippen LogP contribution in [0.1, 0.15) is 36.2 Å². The minimum atomic E-state index is -0.287. The molecule has 0 radical (unpaired) electrons. The number of carbonyl (C=O) groups is 1. The molecule has 0 heterocycles. The number of hydrogen-bond acceptors (Lipinski definition) is 3. The van der Waals surface area contributed by atoms with E-state index < -0.39 is 0 Å². The molecular weight excluding hydrogens is 492 g/mol. The van der Waals surface area contributed by atoms with E-state index >= 15 is 0 Å². The van der Waals surface area contributed by atoms with Crippen molar-refractivity contribution in [3.63, 3.8) is 0 Å². The molecule has 2 N–H and O–H groups in total. The maximum absolute atomic E-state index is 12.4. The van der Waals surface area contributed by atoms with Gasteiger partial charge in [0.25, 0.3) is 5.91 Å². The molecule has 2 aromatic rings. The first kappa shape index (κ1) is 21.9. The summed E-state index contributed by atoms with van der Waals surface area (Å²) in [6, 6.07) is 11.1. The summed E-state index contributed by atoms with van der Waals surface area (Å²) in [6.07, 6.45) is 0.975. The second-order valence-electron chi connectivity index (χ2n) is 6.57. The van der Waals surface area contributed by atoms with Crippen LogP contribution in [0.4, 0.5) is 5.69 Å². The highest BCUT2D eigenvalue weighted by atomic mass is 79.9. The van der Waals surface area contributed by atoms with E-state index in [2.05, 4.69) is 56.3 Å². The van der Waals surface area contributed by atoms with Crippen LogP contribution in [0.15, 0.2) is 45.3 Å². The number of thiocarbonyl (C=S) groups is 1. The summed E-state index contributed by atoms with van der Waals surface area (Å²) in [6.45, 7) is 6.94. The normalized spacial score (nSPS) is 10.6. The number of anilines is 1. The molecule has 0 unspecified atom stereocenters. The van der Waals surface area contributed by atoms with Crippen molar-refractivity contribution in [1.29, 1.82) is 0 Å². The molecule has 144 valence electrons. The molecule has 0 fully saturated rings. The fraction of sp³-hybridized carbons (Fsp3) is 0.300. The lowest BCUT2D eigenvalue weighted by Crippen LogP contribution is -2.34. The number of carbonyl (C=O) groups excluding carboxylic acids is 1. The van der Waals surface area contributed by atoms with Gasteiger partial charge in [-0.25, -0.2) is 0 Å². The highest BCUT2D eigenvalue weighted by Crippen LogP contribution is 2.27. The van der Waals surface area contributed by atoms with Crippen LogP contribution in [-0.2, 0) is 0 Å². The van der Waals surface area contributed by atoms with Crippen molar-refractivity contribution in [2.75, 3.05) is 11.9 Å². The SMILES string of the molecule is Cc1ccc(NC(=S)NC(=O)c2ccc(OCCC(C)C)c(Br)c2)c(Br)c1. The van der Waals surface area contributed by atoms with Crippen LogP contribution in [0.2, 0.25) is 0 Å². The largest absolute Gasteiger partial charge is 0.492 e. The van der Waals surface area contributed by atoms with Crippen molar-refractivity contribution in [3.05, 3.63) is 56.5 Å². The molecule has 0 bridgehead atoms. The molecule has 1 amide bonds. The zero-order valence-corrected chi connectivity index (χ0v) is 19.4. The van der Waals surface area contributed by atoms with E-state index in [4.69, 9.17) is 17.0 Å². The van der Waals surface area contributed by atoms with Crippen LogP contribution in [-0.4, -0.2) is 17.6 Å². The van der Waals surface area contributed by atoms with Gasteiger partial charge in [0.05, 0.1) is 16.8 Å². The van der Waals surface area contributed by atoms with Gasteiger partial charge in [0, 0.05) is 10.0 Å². The Kier molecular flexibility index (Phi) is 8.26. The lowest BCUT2D eigenvalue weighted by Gasteiger charge is -2.13. The summed E-state index contributed by atoms with van der Waals surface area (Å²) < 4.78 is 7.36. The number of amides is 1. The molecule has 0 aliphatic heterocycles. The number of halogens is 2. The topological polar surface area (TPSA) is 50.4 Å². The van der Waals surface area contributed by atoms with Gasteiger partial charge < -0.3 is 10.1 Å². The Morgan fingerprint density at radius 3 is 2.52 bits per heavy atom. The first-order valence-electron chi connectivity index (χ1n) is 8.57. The third kappa shape index (κ3) is 6.90. The van der Waals surface area contributed by atoms with Crippen LogP contribution in [0.3, 0.4) is 0 Å². The molecule has 0 aromatic heterocycles. The van der Waals surface area contributed by atoms with Crippen LogP contribution < -0.4 is 15.4 Å². The number of benzene rings is 2. The van der Waals surface area contributed by atoms with Crippen molar-refractivity contribution in [2.45, 2.75) is 27.2 Å². The number of aryl methyl sites for hydroxylation is 1. The second-order valence-corrected chi connectivity index (χ2v) is 8.68. The Bertz CT molecular complexity index is 841. The second kappa shape index (κ2) is 10.2. The zero-order valence-electron chi connectivity index (χ0n) is 15.4. The molecule has 2 aromatic carbocycles. The summed E-state index contributed by atoms with van der Waals surface area (Å²) >= 11 is 12.2. The molecule has 0 aliphatic rings. The summed E-state index contributed by atoms with van der Waals surface area (Å²) in [7, 11) is 0. The Morgan fingerprint density at radius 1 is 1.15 bits per heavy atom. The fourth-order valence-corrected chi connectivity index (χ4v) is 3.50. The van der Waals surface area contributed by atoms with E-state index in [0.29, 0.717) is 18.1 Å². The monoisotopic (exact) mass is 512 g/mol. The van der Waals surface area contributed by atoms with E-state index in [-0.39, 0.29) is 11.0 Å².